The van der Waals surface area contributed by atoms with Gasteiger partial charge < -0.3 is 10.4 Å². The molecule has 1 rings (SSSR count). The van der Waals surface area contributed by atoms with Gasteiger partial charge in [0.15, 0.2) is 0 Å². The van der Waals surface area contributed by atoms with E-state index < -0.39 is 5.97 Å². The zero-order valence-electron chi connectivity index (χ0n) is 7.48. The summed E-state index contributed by atoms with van der Waals surface area (Å²) in [6.07, 6.45) is -0.225. The van der Waals surface area contributed by atoms with Crippen molar-refractivity contribution in [3.63, 3.8) is 0 Å². The van der Waals surface area contributed by atoms with Gasteiger partial charge in [-0.3, -0.25) is 9.59 Å². The van der Waals surface area contributed by atoms with Gasteiger partial charge in [-0.1, -0.05) is 11.3 Å². The number of aryl methyl sites for hydroxylation is 1. The van der Waals surface area contributed by atoms with Crippen molar-refractivity contribution in [2.75, 3.05) is 5.32 Å². The second-order valence-electron chi connectivity index (χ2n) is 2.57. The standard InChI is InChI=1S/C7H9N3O3S/c1-4-9-10-7(14-4)8-5(11)2-3-6(12)13/h2-3H2,1H3,(H,12,13)(H,8,10,11). The maximum absolute atomic E-state index is 11.1. The Kier molecular flexibility index (Phi) is 3.52. The first-order valence-corrected chi connectivity index (χ1v) is 4.71. The van der Waals surface area contributed by atoms with Crippen molar-refractivity contribution in [3.05, 3.63) is 5.01 Å². The van der Waals surface area contributed by atoms with E-state index in [1.165, 1.54) is 11.3 Å². The fourth-order valence-corrected chi connectivity index (χ4v) is 1.36. The molecule has 0 aliphatic heterocycles. The van der Waals surface area contributed by atoms with Gasteiger partial charge >= 0.3 is 5.97 Å². The third-order valence-corrected chi connectivity index (χ3v) is 2.09. The SMILES string of the molecule is Cc1nnc(NC(=O)CCC(=O)O)s1. The van der Waals surface area contributed by atoms with Crippen molar-refractivity contribution in [1.29, 1.82) is 0 Å². The molecule has 0 bridgehead atoms. The van der Waals surface area contributed by atoms with Crippen molar-refractivity contribution < 1.29 is 14.7 Å². The lowest BCUT2D eigenvalue weighted by Gasteiger charge is -1.97. The lowest BCUT2D eigenvalue weighted by molar-refractivity contribution is -0.138. The Balaban J connectivity index is 2.37. The van der Waals surface area contributed by atoms with E-state index in [4.69, 9.17) is 5.11 Å². The van der Waals surface area contributed by atoms with Crippen LogP contribution in [0.4, 0.5) is 5.13 Å². The van der Waals surface area contributed by atoms with Gasteiger partial charge in [0, 0.05) is 6.42 Å². The zero-order valence-corrected chi connectivity index (χ0v) is 8.30. The van der Waals surface area contributed by atoms with Crippen LogP contribution in [-0.2, 0) is 9.59 Å². The van der Waals surface area contributed by atoms with Crippen LogP contribution in [0.3, 0.4) is 0 Å². The number of carboxylic acid groups (broad SMARTS) is 1. The van der Waals surface area contributed by atoms with Crippen LogP contribution in [0, 0.1) is 6.92 Å². The Morgan fingerprint density at radius 1 is 1.43 bits per heavy atom. The van der Waals surface area contributed by atoms with Crippen LogP contribution >= 0.6 is 11.3 Å². The number of amides is 1. The molecule has 0 atom stereocenters. The average molecular weight is 215 g/mol. The second-order valence-corrected chi connectivity index (χ2v) is 3.75. The number of carboxylic acids is 1. The molecule has 0 saturated heterocycles. The third-order valence-electron chi connectivity index (χ3n) is 1.34. The molecule has 0 radical (unpaired) electrons. The molecule has 0 fully saturated rings. The molecular weight excluding hydrogens is 206 g/mol. The molecule has 0 aliphatic rings. The van der Waals surface area contributed by atoms with Gasteiger partial charge in [0.05, 0.1) is 6.42 Å². The number of anilines is 1. The summed E-state index contributed by atoms with van der Waals surface area (Å²) >= 11 is 1.25. The zero-order chi connectivity index (χ0) is 10.6. The summed E-state index contributed by atoms with van der Waals surface area (Å²) < 4.78 is 0. The van der Waals surface area contributed by atoms with Crippen molar-refractivity contribution in [2.24, 2.45) is 0 Å². The Morgan fingerprint density at radius 2 is 2.14 bits per heavy atom. The number of aliphatic carboxylic acids is 1. The minimum atomic E-state index is -0.992. The Hall–Kier alpha value is -1.50. The van der Waals surface area contributed by atoms with E-state index in [-0.39, 0.29) is 18.7 Å². The van der Waals surface area contributed by atoms with Gasteiger partial charge in [0.2, 0.25) is 11.0 Å². The molecule has 6 nitrogen and oxygen atoms in total. The van der Waals surface area contributed by atoms with Gasteiger partial charge in [-0.15, -0.1) is 10.2 Å². The molecule has 7 heteroatoms. The molecule has 14 heavy (non-hydrogen) atoms. The molecule has 0 saturated carbocycles. The number of rotatable bonds is 4. The lowest BCUT2D eigenvalue weighted by atomic mass is 10.3. The number of nitrogens with zero attached hydrogens (tertiary/aromatic N) is 2. The maximum Gasteiger partial charge on any atom is 0.303 e. The summed E-state index contributed by atoms with van der Waals surface area (Å²) in [4.78, 5) is 21.2. The van der Waals surface area contributed by atoms with Crippen LogP contribution in [0.25, 0.3) is 0 Å². The summed E-state index contributed by atoms with van der Waals surface area (Å²) in [6, 6.07) is 0. The Morgan fingerprint density at radius 3 is 2.64 bits per heavy atom. The van der Waals surface area contributed by atoms with E-state index in [1.807, 2.05) is 0 Å². The van der Waals surface area contributed by atoms with Crippen molar-refractivity contribution >= 4 is 28.3 Å². The molecule has 76 valence electrons. The number of carbonyl (C=O) groups excluding carboxylic acids is 1. The smallest absolute Gasteiger partial charge is 0.303 e. The van der Waals surface area contributed by atoms with Crippen LogP contribution in [-0.4, -0.2) is 27.2 Å². The number of nitrogens with one attached hydrogen (secondary N) is 1. The van der Waals surface area contributed by atoms with Gasteiger partial charge in [-0.05, 0) is 6.92 Å². The fourth-order valence-electron chi connectivity index (χ4n) is 0.749. The summed E-state index contributed by atoms with van der Waals surface area (Å²) in [5, 5.41) is 19.3. The molecule has 1 amide bonds. The minimum Gasteiger partial charge on any atom is -0.481 e. The van der Waals surface area contributed by atoms with Gasteiger partial charge in [-0.2, -0.15) is 0 Å². The van der Waals surface area contributed by atoms with E-state index in [9.17, 15) is 9.59 Å². The lowest BCUT2D eigenvalue weighted by Crippen LogP contribution is -2.12. The topological polar surface area (TPSA) is 92.2 Å². The van der Waals surface area contributed by atoms with Crippen LogP contribution in [0.2, 0.25) is 0 Å². The van der Waals surface area contributed by atoms with E-state index in [1.54, 1.807) is 6.92 Å². The maximum atomic E-state index is 11.1. The summed E-state index contributed by atoms with van der Waals surface area (Å²) in [5.41, 5.74) is 0. The molecule has 0 spiro atoms. The van der Waals surface area contributed by atoms with Gasteiger partial charge in [-0.25, -0.2) is 0 Å². The third kappa shape index (κ3) is 3.48. The van der Waals surface area contributed by atoms with E-state index in [2.05, 4.69) is 15.5 Å². The van der Waals surface area contributed by atoms with Crippen LogP contribution in [0.1, 0.15) is 17.8 Å². The molecule has 2 N–H and O–H groups in total. The molecule has 1 aromatic rings. The highest BCUT2D eigenvalue weighted by atomic mass is 32.1. The number of hydrogen-bond donors (Lipinski definition) is 2. The predicted molar refractivity (Wildman–Crippen MR) is 50.1 cm³/mol. The van der Waals surface area contributed by atoms with Crippen LogP contribution in [0.5, 0.6) is 0 Å². The molecule has 0 aromatic carbocycles. The highest BCUT2D eigenvalue weighted by molar-refractivity contribution is 7.15. The predicted octanol–water partition coefficient (Wildman–Crippen LogP) is 0.650. The second kappa shape index (κ2) is 4.66. The minimum absolute atomic E-state index is 0.0477. The first-order valence-electron chi connectivity index (χ1n) is 3.89. The normalized spacial score (nSPS) is 9.79. The highest BCUT2D eigenvalue weighted by Gasteiger charge is 2.07. The largest absolute Gasteiger partial charge is 0.481 e. The quantitative estimate of drug-likeness (QED) is 0.769. The van der Waals surface area contributed by atoms with Crippen molar-refractivity contribution in [2.45, 2.75) is 19.8 Å². The molecular formula is C7H9N3O3S. The van der Waals surface area contributed by atoms with Crippen molar-refractivity contribution in [1.82, 2.24) is 10.2 Å². The van der Waals surface area contributed by atoms with Crippen LogP contribution < -0.4 is 5.32 Å². The van der Waals surface area contributed by atoms with Crippen molar-refractivity contribution in [3.8, 4) is 0 Å². The highest BCUT2D eigenvalue weighted by Crippen LogP contribution is 2.13. The van der Waals surface area contributed by atoms with Gasteiger partial charge in [0.25, 0.3) is 0 Å². The van der Waals surface area contributed by atoms with E-state index in [0.717, 1.165) is 5.01 Å². The number of hydrogen-bond acceptors (Lipinski definition) is 5. The fraction of sp³-hybridized carbons (Fsp3) is 0.429. The molecule has 1 heterocycles. The molecule has 1 aromatic heterocycles. The Bertz CT molecular complexity index is 350. The molecule has 0 unspecified atom stereocenters. The summed E-state index contributed by atoms with van der Waals surface area (Å²) in [5.74, 6) is -1.35. The molecule has 0 aliphatic carbocycles. The van der Waals surface area contributed by atoms with Crippen LogP contribution in [0.15, 0.2) is 0 Å². The number of aromatic nitrogens is 2. The number of carbonyl (C=O) groups is 2. The summed E-state index contributed by atoms with van der Waals surface area (Å²) in [6.45, 7) is 1.77. The summed E-state index contributed by atoms with van der Waals surface area (Å²) in [7, 11) is 0. The van der Waals surface area contributed by atoms with E-state index in [0.29, 0.717) is 5.13 Å². The first-order chi connectivity index (χ1) is 6.58. The Labute approximate surface area is 84.0 Å². The van der Waals surface area contributed by atoms with Gasteiger partial charge in [0.1, 0.15) is 5.01 Å². The first kappa shape index (κ1) is 10.6. The monoisotopic (exact) mass is 215 g/mol. The average Bonchev–Trinajstić information content (AvgIpc) is 2.48. The van der Waals surface area contributed by atoms with E-state index >= 15 is 0 Å².